The normalized spacial score (nSPS) is 22.1. The molecule has 10 heavy (non-hydrogen) atoms. The zero-order chi connectivity index (χ0) is 7.23. The molecule has 2 heteroatoms. The maximum absolute atomic E-state index is 4.02. The van der Waals surface area contributed by atoms with Crippen molar-refractivity contribution < 1.29 is 0 Å². The van der Waals surface area contributed by atoms with Gasteiger partial charge in [-0.25, -0.2) is 0 Å². The highest BCUT2D eigenvalue weighted by Gasteiger charge is 2.11. The third-order valence-corrected chi connectivity index (χ3v) is 2.21. The van der Waals surface area contributed by atoms with Crippen molar-refractivity contribution in [2.75, 3.05) is 13.6 Å². The van der Waals surface area contributed by atoms with Crippen molar-refractivity contribution in [1.29, 1.82) is 0 Å². The summed E-state index contributed by atoms with van der Waals surface area (Å²) < 4.78 is 0. The van der Waals surface area contributed by atoms with Crippen molar-refractivity contribution in [2.24, 2.45) is 16.1 Å². The van der Waals surface area contributed by atoms with Crippen LogP contribution in [0.2, 0.25) is 0 Å². The summed E-state index contributed by atoms with van der Waals surface area (Å²) in [6.45, 7) is 0.969. The average molecular weight is 140 g/mol. The van der Waals surface area contributed by atoms with Crippen LogP contribution in [0.1, 0.15) is 32.1 Å². The van der Waals surface area contributed by atoms with Gasteiger partial charge in [0.15, 0.2) is 0 Å². The van der Waals surface area contributed by atoms with Gasteiger partial charge in [-0.2, -0.15) is 10.2 Å². The molecule has 0 aliphatic heterocycles. The lowest BCUT2D eigenvalue weighted by atomic mass is 9.89. The summed E-state index contributed by atoms with van der Waals surface area (Å²) in [7, 11) is 1.75. The molecule has 1 fully saturated rings. The lowest BCUT2D eigenvalue weighted by Gasteiger charge is -2.18. The van der Waals surface area contributed by atoms with Crippen LogP contribution in [0.15, 0.2) is 10.2 Å². The van der Waals surface area contributed by atoms with Crippen LogP contribution in [-0.2, 0) is 0 Å². The van der Waals surface area contributed by atoms with Crippen LogP contribution in [0, 0.1) is 5.92 Å². The second-order valence-electron chi connectivity index (χ2n) is 3.03. The van der Waals surface area contributed by atoms with Gasteiger partial charge in [0.05, 0.1) is 6.54 Å². The van der Waals surface area contributed by atoms with Crippen LogP contribution < -0.4 is 0 Å². The molecule has 1 aliphatic carbocycles. The SMILES string of the molecule is CN=NCC1CCCCC1. The summed E-state index contributed by atoms with van der Waals surface area (Å²) in [5.74, 6) is 0.845. The van der Waals surface area contributed by atoms with Gasteiger partial charge in [0, 0.05) is 7.05 Å². The molecule has 1 aliphatic rings. The van der Waals surface area contributed by atoms with Crippen molar-refractivity contribution in [3.63, 3.8) is 0 Å². The molecule has 58 valence electrons. The molecule has 1 rings (SSSR count). The van der Waals surface area contributed by atoms with Crippen molar-refractivity contribution in [3.05, 3.63) is 0 Å². The van der Waals surface area contributed by atoms with Gasteiger partial charge in [-0.1, -0.05) is 19.3 Å². The summed E-state index contributed by atoms with van der Waals surface area (Å²) in [6, 6.07) is 0. The van der Waals surface area contributed by atoms with E-state index >= 15 is 0 Å². The van der Waals surface area contributed by atoms with Crippen molar-refractivity contribution >= 4 is 0 Å². The van der Waals surface area contributed by atoms with E-state index in [0.717, 1.165) is 12.5 Å². The fraction of sp³-hybridized carbons (Fsp3) is 1.00. The first-order valence-corrected chi connectivity index (χ1v) is 4.19. The fourth-order valence-corrected chi connectivity index (χ4v) is 1.57. The van der Waals surface area contributed by atoms with Gasteiger partial charge in [-0.15, -0.1) is 0 Å². The van der Waals surface area contributed by atoms with E-state index in [4.69, 9.17) is 0 Å². The molecule has 0 heterocycles. The minimum atomic E-state index is 0.845. The molecule has 0 atom stereocenters. The summed E-state index contributed by atoms with van der Waals surface area (Å²) in [5, 5.41) is 7.78. The number of rotatable bonds is 2. The molecule has 0 aromatic heterocycles. The molecule has 0 spiro atoms. The van der Waals surface area contributed by atoms with Crippen LogP contribution in [-0.4, -0.2) is 13.6 Å². The number of hydrogen-bond acceptors (Lipinski definition) is 2. The first-order valence-electron chi connectivity index (χ1n) is 4.19. The largest absolute Gasteiger partial charge is 0.198 e. The van der Waals surface area contributed by atoms with Crippen molar-refractivity contribution in [1.82, 2.24) is 0 Å². The molecular formula is C8H16N2. The summed E-state index contributed by atoms with van der Waals surface area (Å²) >= 11 is 0. The molecule has 0 radical (unpaired) electrons. The average Bonchev–Trinajstić information content (AvgIpc) is 2.03. The topological polar surface area (TPSA) is 24.7 Å². The maximum Gasteiger partial charge on any atom is 0.0626 e. The lowest BCUT2D eigenvalue weighted by molar-refractivity contribution is 0.363. The van der Waals surface area contributed by atoms with E-state index < -0.39 is 0 Å². The summed E-state index contributed by atoms with van der Waals surface area (Å²) in [5.41, 5.74) is 0. The van der Waals surface area contributed by atoms with E-state index in [1.165, 1.54) is 32.1 Å². The molecule has 2 nitrogen and oxygen atoms in total. The zero-order valence-electron chi connectivity index (χ0n) is 6.71. The van der Waals surface area contributed by atoms with E-state index in [1.807, 2.05) is 0 Å². The van der Waals surface area contributed by atoms with Crippen LogP contribution in [0.4, 0.5) is 0 Å². The molecular weight excluding hydrogens is 124 g/mol. The Morgan fingerprint density at radius 3 is 2.50 bits per heavy atom. The van der Waals surface area contributed by atoms with Gasteiger partial charge < -0.3 is 0 Å². The summed E-state index contributed by atoms with van der Waals surface area (Å²) in [6.07, 6.45) is 6.99. The van der Waals surface area contributed by atoms with E-state index in [-0.39, 0.29) is 0 Å². The third-order valence-electron chi connectivity index (χ3n) is 2.21. The smallest absolute Gasteiger partial charge is 0.0626 e. The molecule has 0 aromatic rings. The highest BCUT2D eigenvalue weighted by atomic mass is 15.1. The van der Waals surface area contributed by atoms with Crippen LogP contribution >= 0.6 is 0 Å². The molecule has 0 bridgehead atoms. The van der Waals surface area contributed by atoms with E-state index in [2.05, 4.69) is 10.2 Å². The van der Waals surface area contributed by atoms with Crippen LogP contribution in [0.3, 0.4) is 0 Å². The number of azo groups is 1. The van der Waals surface area contributed by atoms with Gasteiger partial charge in [0.1, 0.15) is 0 Å². The van der Waals surface area contributed by atoms with Gasteiger partial charge in [0.25, 0.3) is 0 Å². The van der Waals surface area contributed by atoms with Crippen molar-refractivity contribution in [2.45, 2.75) is 32.1 Å². The fourth-order valence-electron chi connectivity index (χ4n) is 1.57. The molecule has 0 amide bonds. The third kappa shape index (κ3) is 2.46. The highest BCUT2D eigenvalue weighted by Crippen LogP contribution is 2.23. The van der Waals surface area contributed by atoms with Gasteiger partial charge in [0.2, 0.25) is 0 Å². The first kappa shape index (κ1) is 7.70. The Hall–Kier alpha value is -0.400. The Kier molecular flexibility index (Phi) is 3.41. The van der Waals surface area contributed by atoms with Gasteiger partial charge in [-0.3, -0.25) is 0 Å². The minimum absolute atomic E-state index is 0.845. The second kappa shape index (κ2) is 4.42. The van der Waals surface area contributed by atoms with E-state index in [1.54, 1.807) is 7.05 Å². The molecule has 0 unspecified atom stereocenters. The van der Waals surface area contributed by atoms with Gasteiger partial charge >= 0.3 is 0 Å². The van der Waals surface area contributed by atoms with Crippen LogP contribution in [0.5, 0.6) is 0 Å². The molecule has 0 N–H and O–H groups in total. The second-order valence-corrected chi connectivity index (χ2v) is 3.03. The lowest BCUT2D eigenvalue weighted by Crippen LogP contribution is -2.08. The summed E-state index contributed by atoms with van der Waals surface area (Å²) in [4.78, 5) is 0. The zero-order valence-corrected chi connectivity index (χ0v) is 6.71. The van der Waals surface area contributed by atoms with E-state index in [9.17, 15) is 0 Å². The predicted octanol–water partition coefficient (Wildman–Crippen LogP) is 2.65. The number of nitrogens with zero attached hydrogens (tertiary/aromatic N) is 2. The Morgan fingerprint density at radius 1 is 1.20 bits per heavy atom. The monoisotopic (exact) mass is 140 g/mol. The van der Waals surface area contributed by atoms with Crippen molar-refractivity contribution in [3.8, 4) is 0 Å². The Labute approximate surface area is 62.7 Å². The van der Waals surface area contributed by atoms with E-state index in [0.29, 0.717) is 0 Å². The maximum atomic E-state index is 4.02. The predicted molar refractivity (Wildman–Crippen MR) is 42.2 cm³/mol. The first-order chi connectivity index (χ1) is 4.93. The Bertz CT molecular complexity index is 104. The molecule has 0 aromatic carbocycles. The molecule has 1 saturated carbocycles. The quantitative estimate of drug-likeness (QED) is 0.527. The number of hydrogen-bond donors (Lipinski definition) is 0. The van der Waals surface area contributed by atoms with Gasteiger partial charge in [-0.05, 0) is 18.8 Å². The van der Waals surface area contributed by atoms with Crippen LogP contribution in [0.25, 0.3) is 0 Å². The highest BCUT2D eigenvalue weighted by molar-refractivity contribution is 4.66. The molecule has 0 saturated heterocycles. The Morgan fingerprint density at radius 2 is 1.90 bits per heavy atom. The standard InChI is InChI=1S/C8H16N2/c1-9-10-7-8-5-3-2-4-6-8/h8H,2-7H2,1H3. The Balaban J connectivity index is 2.13. The minimum Gasteiger partial charge on any atom is -0.198 e.